The second kappa shape index (κ2) is 4.96. The molecule has 4 heteroatoms. The molecule has 0 aliphatic carbocycles. The van der Waals surface area contributed by atoms with Gasteiger partial charge < -0.3 is 9.80 Å². The topological polar surface area (TPSA) is 23.6 Å². The lowest BCUT2D eigenvalue weighted by molar-refractivity contribution is -0.127. The molecule has 0 atom stereocenters. The molecule has 0 bridgehead atoms. The molecule has 1 aliphatic heterocycles. The maximum Gasteiger partial charge on any atom is 0.241 e. The van der Waals surface area contributed by atoms with Crippen LogP contribution < -0.4 is 4.90 Å². The van der Waals surface area contributed by atoms with Gasteiger partial charge in [-0.05, 0) is 37.1 Å². The fraction of sp³-hybridized carbons (Fsp3) is 0.462. The second-order valence-electron chi connectivity index (χ2n) is 4.52. The summed E-state index contributed by atoms with van der Waals surface area (Å²) in [6, 6.07) is 5.81. The van der Waals surface area contributed by atoms with Gasteiger partial charge in [-0.25, -0.2) is 0 Å². The zero-order valence-electron chi connectivity index (χ0n) is 10.2. The third-order valence-electron chi connectivity index (χ3n) is 3.17. The van der Waals surface area contributed by atoms with E-state index in [-0.39, 0.29) is 5.91 Å². The quantitative estimate of drug-likeness (QED) is 0.766. The summed E-state index contributed by atoms with van der Waals surface area (Å²) in [5, 5.41) is 0.740. The van der Waals surface area contributed by atoms with Gasteiger partial charge in [0.25, 0.3) is 0 Å². The monoisotopic (exact) mass is 252 g/mol. The van der Waals surface area contributed by atoms with E-state index in [1.807, 2.05) is 32.2 Å². The Hall–Kier alpha value is -1.22. The van der Waals surface area contributed by atoms with Crippen LogP contribution in [0.4, 0.5) is 5.69 Å². The third kappa shape index (κ3) is 2.72. The highest BCUT2D eigenvalue weighted by molar-refractivity contribution is 6.30. The maximum atomic E-state index is 11.8. The van der Waals surface area contributed by atoms with Crippen molar-refractivity contribution in [1.29, 1.82) is 0 Å². The SMILES string of the molecule is Cc1cc(Cl)ccc1N1CCCN(C)C(=O)C1. The van der Waals surface area contributed by atoms with Gasteiger partial charge >= 0.3 is 0 Å². The third-order valence-corrected chi connectivity index (χ3v) is 3.41. The lowest BCUT2D eigenvalue weighted by atomic mass is 10.1. The molecule has 1 aliphatic rings. The summed E-state index contributed by atoms with van der Waals surface area (Å²) in [7, 11) is 1.86. The first-order valence-corrected chi connectivity index (χ1v) is 6.21. The van der Waals surface area contributed by atoms with Gasteiger partial charge in [0.15, 0.2) is 0 Å². The highest BCUT2D eigenvalue weighted by Gasteiger charge is 2.20. The molecule has 0 saturated carbocycles. The fourth-order valence-corrected chi connectivity index (χ4v) is 2.39. The van der Waals surface area contributed by atoms with Gasteiger partial charge in [-0.2, -0.15) is 0 Å². The molecule has 1 fully saturated rings. The minimum absolute atomic E-state index is 0.178. The van der Waals surface area contributed by atoms with Crippen LogP contribution in [-0.2, 0) is 4.79 Å². The van der Waals surface area contributed by atoms with Gasteiger partial charge in [-0.3, -0.25) is 4.79 Å². The van der Waals surface area contributed by atoms with Crippen LogP contribution in [0.15, 0.2) is 18.2 Å². The zero-order valence-corrected chi connectivity index (χ0v) is 11.0. The molecule has 1 aromatic rings. The van der Waals surface area contributed by atoms with E-state index < -0.39 is 0 Å². The summed E-state index contributed by atoms with van der Waals surface area (Å²) >= 11 is 5.95. The van der Waals surface area contributed by atoms with Crippen molar-refractivity contribution in [2.75, 3.05) is 31.6 Å². The lowest BCUT2D eigenvalue weighted by Crippen LogP contribution is -2.34. The van der Waals surface area contributed by atoms with Gasteiger partial charge in [0.2, 0.25) is 5.91 Å². The Morgan fingerprint density at radius 2 is 2.06 bits per heavy atom. The number of benzene rings is 1. The van der Waals surface area contributed by atoms with Gasteiger partial charge in [0, 0.05) is 30.8 Å². The van der Waals surface area contributed by atoms with Crippen molar-refractivity contribution in [2.24, 2.45) is 0 Å². The summed E-state index contributed by atoms with van der Waals surface area (Å²) in [5.74, 6) is 0.178. The summed E-state index contributed by atoms with van der Waals surface area (Å²) in [6.07, 6.45) is 1.00. The van der Waals surface area contributed by atoms with E-state index in [9.17, 15) is 4.79 Å². The van der Waals surface area contributed by atoms with Crippen LogP contribution in [0.5, 0.6) is 0 Å². The predicted octanol–water partition coefficient (Wildman–Crippen LogP) is 2.32. The van der Waals surface area contributed by atoms with E-state index in [4.69, 9.17) is 11.6 Å². The van der Waals surface area contributed by atoms with Crippen molar-refractivity contribution in [1.82, 2.24) is 4.90 Å². The van der Waals surface area contributed by atoms with Gasteiger partial charge in [0.1, 0.15) is 0 Å². The highest BCUT2D eigenvalue weighted by Crippen LogP contribution is 2.24. The Morgan fingerprint density at radius 3 is 2.76 bits per heavy atom. The molecule has 3 nitrogen and oxygen atoms in total. The Balaban J connectivity index is 2.24. The van der Waals surface area contributed by atoms with Crippen LogP contribution in [0.2, 0.25) is 5.02 Å². The molecule has 0 N–H and O–H groups in total. The number of hydrogen-bond donors (Lipinski definition) is 0. The Morgan fingerprint density at radius 1 is 1.29 bits per heavy atom. The molecule has 17 heavy (non-hydrogen) atoms. The predicted molar refractivity (Wildman–Crippen MR) is 70.7 cm³/mol. The van der Waals surface area contributed by atoms with Crippen LogP contribution >= 0.6 is 11.6 Å². The Labute approximate surface area is 107 Å². The summed E-state index contributed by atoms with van der Waals surface area (Å²) in [4.78, 5) is 15.8. The van der Waals surface area contributed by atoms with Crippen molar-refractivity contribution in [3.8, 4) is 0 Å². The number of hydrogen-bond acceptors (Lipinski definition) is 2. The number of rotatable bonds is 1. The molecule has 0 unspecified atom stereocenters. The van der Waals surface area contributed by atoms with Crippen LogP contribution in [0, 0.1) is 6.92 Å². The average molecular weight is 253 g/mol. The maximum absolute atomic E-state index is 11.8. The number of carbonyl (C=O) groups excluding carboxylic acids is 1. The minimum Gasteiger partial charge on any atom is -0.362 e. The van der Waals surface area contributed by atoms with E-state index in [1.54, 1.807) is 4.90 Å². The number of anilines is 1. The van der Waals surface area contributed by atoms with Crippen molar-refractivity contribution in [3.63, 3.8) is 0 Å². The van der Waals surface area contributed by atoms with Crippen LogP contribution in [-0.4, -0.2) is 37.5 Å². The summed E-state index contributed by atoms with van der Waals surface area (Å²) in [5.41, 5.74) is 2.23. The van der Waals surface area contributed by atoms with Crippen LogP contribution in [0.25, 0.3) is 0 Å². The lowest BCUT2D eigenvalue weighted by Gasteiger charge is -2.23. The molecule has 92 valence electrons. The van der Waals surface area contributed by atoms with E-state index in [0.29, 0.717) is 6.54 Å². The number of carbonyl (C=O) groups is 1. The molecule has 2 rings (SSSR count). The smallest absolute Gasteiger partial charge is 0.241 e. The molecular formula is C13H17ClN2O. The first-order chi connectivity index (χ1) is 8.08. The molecule has 0 spiro atoms. The highest BCUT2D eigenvalue weighted by atomic mass is 35.5. The zero-order chi connectivity index (χ0) is 12.4. The molecule has 1 saturated heterocycles. The van der Waals surface area contributed by atoms with Gasteiger partial charge in [-0.1, -0.05) is 11.6 Å². The number of nitrogens with zero attached hydrogens (tertiary/aromatic N) is 2. The second-order valence-corrected chi connectivity index (χ2v) is 4.96. The molecular weight excluding hydrogens is 236 g/mol. The van der Waals surface area contributed by atoms with E-state index in [1.165, 1.54) is 0 Å². The minimum atomic E-state index is 0.178. The first kappa shape index (κ1) is 12.2. The fourth-order valence-electron chi connectivity index (χ4n) is 2.17. The molecule has 1 heterocycles. The van der Waals surface area contributed by atoms with Crippen molar-refractivity contribution < 1.29 is 4.79 Å². The normalized spacial score (nSPS) is 17.2. The molecule has 0 radical (unpaired) electrons. The number of halogens is 1. The molecule has 1 aromatic carbocycles. The van der Waals surface area contributed by atoms with Crippen LogP contribution in [0.1, 0.15) is 12.0 Å². The van der Waals surface area contributed by atoms with Crippen molar-refractivity contribution >= 4 is 23.2 Å². The molecule has 1 amide bonds. The first-order valence-electron chi connectivity index (χ1n) is 5.83. The van der Waals surface area contributed by atoms with E-state index in [0.717, 1.165) is 35.8 Å². The largest absolute Gasteiger partial charge is 0.362 e. The number of likely N-dealkylation sites (N-methyl/N-ethyl adjacent to an activating group) is 1. The molecule has 0 aromatic heterocycles. The average Bonchev–Trinajstić information content (AvgIpc) is 2.42. The van der Waals surface area contributed by atoms with Crippen molar-refractivity contribution in [2.45, 2.75) is 13.3 Å². The Bertz CT molecular complexity index is 433. The Kier molecular flexibility index (Phi) is 3.57. The summed E-state index contributed by atoms with van der Waals surface area (Å²) in [6.45, 7) is 4.24. The van der Waals surface area contributed by atoms with E-state index >= 15 is 0 Å². The number of amides is 1. The summed E-state index contributed by atoms with van der Waals surface area (Å²) < 4.78 is 0. The number of aryl methyl sites for hydroxylation is 1. The van der Waals surface area contributed by atoms with E-state index in [2.05, 4.69) is 4.90 Å². The van der Waals surface area contributed by atoms with Gasteiger partial charge in [0.05, 0.1) is 6.54 Å². The van der Waals surface area contributed by atoms with Crippen molar-refractivity contribution in [3.05, 3.63) is 28.8 Å². The van der Waals surface area contributed by atoms with Crippen LogP contribution in [0.3, 0.4) is 0 Å². The van der Waals surface area contributed by atoms with Gasteiger partial charge in [-0.15, -0.1) is 0 Å². The standard InChI is InChI=1S/C13H17ClN2O/c1-10-8-11(14)4-5-12(10)16-7-3-6-15(2)13(17)9-16/h4-5,8H,3,6-7,9H2,1-2H3.